The normalized spacial score (nSPS) is 32.9. The molecular formula is C38H48O2. The zero-order valence-electron chi connectivity index (χ0n) is 25.6. The molecule has 2 aromatic rings. The molecule has 0 aromatic heterocycles. The number of fused-ring (bicyclic) bond motifs is 5. The summed E-state index contributed by atoms with van der Waals surface area (Å²) < 4.78 is 6.21. The lowest BCUT2D eigenvalue weighted by atomic mass is 9.47. The van der Waals surface area contributed by atoms with Gasteiger partial charge in [-0.1, -0.05) is 75.2 Å². The van der Waals surface area contributed by atoms with Crippen molar-refractivity contribution in [2.24, 2.45) is 28.6 Å². The number of esters is 1. The smallest absolute Gasteiger partial charge is 0.338 e. The number of rotatable bonds is 5. The van der Waals surface area contributed by atoms with Gasteiger partial charge in [-0.3, -0.25) is 0 Å². The third-order valence-corrected chi connectivity index (χ3v) is 11.8. The summed E-state index contributed by atoms with van der Waals surface area (Å²) in [4.78, 5) is 13.3. The van der Waals surface area contributed by atoms with Crippen LogP contribution in [-0.4, -0.2) is 12.1 Å². The Bertz CT molecular complexity index is 1380. The molecule has 2 saturated carbocycles. The minimum Gasteiger partial charge on any atom is -0.458 e. The van der Waals surface area contributed by atoms with Crippen molar-refractivity contribution in [1.29, 1.82) is 0 Å². The van der Waals surface area contributed by atoms with E-state index in [0.29, 0.717) is 0 Å². The fourth-order valence-electron chi connectivity index (χ4n) is 9.60. The lowest BCUT2D eigenvalue weighted by molar-refractivity contribution is -0.0307. The molecule has 6 unspecified atom stereocenters. The number of carbonyl (C=O) groups is 1. The summed E-state index contributed by atoms with van der Waals surface area (Å²) in [6.07, 6.45) is 15.1. The molecule has 0 saturated heterocycles. The SMILES string of the molecule is CCc1cc(C(=O)OC2CCC3(C)C(=CCC4C3CCC3(C)C(c5cccc(C)c5)=CCC43)C2)cc(C)c1CC. The van der Waals surface area contributed by atoms with Crippen LogP contribution in [0.25, 0.3) is 5.57 Å². The minimum atomic E-state index is -0.141. The zero-order chi connectivity index (χ0) is 28.2. The van der Waals surface area contributed by atoms with Crippen LogP contribution in [0.2, 0.25) is 0 Å². The van der Waals surface area contributed by atoms with Crippen molar-refractivity contribution in [3.05, 3.63) is 87.5 Å². The topological polar surface area (TPSA) is 26.3 Å². The van der Waals surface area contributed by atoms with Crippen LogP contribution in [0.4, 0.5) is 0 Å². The summed E-state index contributed by atoms with van der Waals surface area (Å²) in [6, 6.07) is 13.3. The minimum absolute atomic E-state index is 0.00506. The molecular weight excluding hydrogens is 488 g/mol. The highest BCUT2D eigenvalue weighted by atomic mass is 16.5. The van der Waals surface area contributed by atoms with Gasteiger partial charge in [0, 0.05) is 6.42 Å². The molecule has 0 amide bonds. The van der Waals surface area contributed by atoms with Crippen molar-refractivity contribution in [1.82, 2.24) is 0 Å². The van der Waals surface area contributed by atoms with Crippen molar-refractivity contribution in [3.8, 4) is 0 Å². The van der Waals surface area contributed by atoms with Crippen LogP contribution in [-0.2, 0) is 17.6 Å². The van der Waals surface area contributed by atoms with E-state index in [1.165, 1.54) is 53.5 Å². The molecule has 2 nitrogen and oxygen atoms in total. The van der Waals surface area contributed by atoms with Crippen LogP contribution in [0, 0.1) is 42.4 Å². The Morgan fingerprint density at radius 3 is 2.48 bits per heavy atom. The first-order valence-corrected chi connectivity index (χ1v) is 16.0. The second-order valence-electron chi connectivity index (χ2n) is 13.8. The molecule has 2 fully saturated rings. The average Bonchev–Trinajstić information content (AvgIpc) is 3.30. The van der Waals surface area contributed by atoms with Gasteiger partial charge in [0.15, 0.2) is 0 Å². The number of ether oxygens (including phenoxy) is 1. The average molecular weight is 537 g/mol. The molecule has 212 valence electrons. The van der Waals surface area contributed by atoms with Crippen molar-refractivity contribution in [3.63, 3.8) is 0 Å². The van der Waals surface area contributed by atoms with E-state index in [2.05, 4.69) is 84.0 Å². The molecule has 2 heteroatoms. The van der Waals surface area contributed by atoms with E-state index < -0.39 is 0 Å². The Morgan fingerprint density at radius 2 is 1.73 bits per heavy atom. The van der Waals surface area contributed by atoms with Gasteiger partial charge in [0.25, 0.3) is 0 Å². The quantitative estimate of drug-likeness (QED) is 0.281. The summed E-state index contributed by atoms with van der Waals surface area (Å²) in [5.41, 5.74) is 11.1. The molecule has 0 spiro atoms. The molecule has 4 aliphatic rings. The fourth-order valence-corrected chi connectivity index (χ4v) is 9.60. The third kappa shape index (κ3) is 4.41. The first-order valence-electron chi connectivity index (χ1n) is 16.0. The Labute approximate surface area is 242 Å². The molecule has 2 aromatic carbocycles. The predicted molar refractivity (Wildman–Crippen MR) is 165 cm³/mol. The van der Waals surface area contributed by atoms with Gasteiger partial charge in [-0.2, -0.15) is 0 Å². The molecule has 0 aliphatic heterocycles. The fraction of sp³-hybridized carbons (Fsp3) is 0.553. The van der Waals surface area contributed by atoms with Crippen LogP contribution in [0.5, 0.6) is 0 Å². The molecule has 0 heterocycles. The van der Waals surface area contributed by atoms with Gasteiger partial charge < -0.3 is 4.74 Å². The van der Waals surface area contributed by atoms with Crippen LogP contribution < -0.4 is 0 Å². The van der Waals surface area contributed by atoms with E-state index in [9.17, 15) is 4.79 Å². The largest absolute Gasteiger partial charge is 0.458 e. The maximum absolute atomic E-state index is 13.3. The number of aryl methyl sites for hydroxylation is 3. The van der Waals surface area contributed by atoms with Crippen molar-refractivity contribution in [2.75, 3.05) is 0 Å². The molecule has 6 rings (SSSR count). The van der Waals surface area contributed by atoms with Crippen molar-refractivity contribution < 1.29 is 9.53 Å². The highest BCUT2D eigenvalue weighted by Crippen LogP contribution is 2.66. The van der Waals surface area contributed by atoms with Crippen LogP contribution in [0.3, 0.4) is 0 Å². The van der Waals surface area contributed by atoms with E-state index in [-0.39, 0.29) is 22.9 Å². The van der Waals surface area contributed by atoms with E-state index >= 15 is 0 Å². The highest BCUT2D eigenvalue weighted by Gasteiger charge is 2.57. The summed E-state index contributed by atoms with van der Waals surface area (Å²) in [7, 11) is 0. The second kappa shape index (κ2) is 10.3. The molecule has 6 atom stereocenters. The van der Waals surface area contributed by atoms with Gasteiger partial charge in [0.2, 0.25) is 0 Å². The molecule has 0 radical (unpaired) electrons. The zero-order valence-corrected chi connectivity index (χ0v) is 25.6. The first-order chi connectivity index (χ1) is 19.2. The maximum Gasteiger partial charge on any atom is 0.338 e. The van der Waals surface area contributed by atoms with Gasteiger partial charge >= 0.3 is 5.97 Å². The van der Waals surface area contributed by atoms with E-state index in [1.54, 1.807) is 11.1 Å². The first kappa shape index (κ1) is 27.6. The number of benzene rings is 2. The Hall–Kier alpha value is -2.61. The Kier molecular flexibility index (Phi) is 7.12. The number of hydrogen-bond donors (Lipinski definition) is 0. The predicted octanol–water partition coefficient (Wildman–Crippen LogP) is 9.61. The standard InChI is InChI=1S/C38H48O2/c1-7-26-22-28(21-25(4)31(26)8-2)36(39)40-30-16-18-37(5)29(23-30)12-13-32-34-15-14-33(27-11-9-10-24(3)20-27)38(34,6)19-17-35(32)37/h9-12,14,20-22,30,32,34-35H,7-8,13,15-19,23H2,1-6H3. The summed E-state index contributed by atoms with van der Waals surface area (Å²) >= 11 is 0. The van der Waals surface area contributed by atoms with E-state index in [0.717, 1.165) is 55.4 Å². The van der Waals surface area contributed by atoms with Crippen LogP contribution >= 0.6 is 0 Å². The second-order valence-corrected chi connectivity index (χ2v) is 13.8. The Morgan fingerprint density at radius 1 is 0.925 bits per heavy atom. The molecule has 0 N–H and O–H groups in total. The third-order valence-electron chi connectivity index (χ3n) is 11.8. The maximum atomic E-state index is 13.3. The Balaban J connectivity index is 1.18. The van der Waals surface area contributed by atoms with Gasteiger partial charge in [0.05, 0.1) is 5.56 Å². The van der Waals surface area contributed by atoms with Gasteiger partial charge in [0.1, 0.15) is 6.10 Å². The molecule has 0 bridgehead atoms. The van der Waals surface area contributed by atoms with E-state index in [4.69, 9.17) is 4.74 Å². The van der Waals surface area contributed by atoms with Crippen molar-refractivity contribution in [2.45, 2.75) is 105 Å². The summed E-state index contributed by atoms with van der Waals surface area (Å²) in [5.74, 6) is 2.08. The molecule has 4 aliphatic carbocycles. The van der Waals surface area contributed by atoms with Gasteiger partial charge in [-0.05, 0) is 134 Å². The van der Waals surface area contributed by atoms with Crippen LogP contribution in [0.15, 0.2) is 54.1 Å². The summed E-state index contributed by atoms with van der Waals surface area (Å²) in [5, 5.41) is 0. The number of allylic oxidation sites excluding steroid dienone is 3. The van der Waals surface area contributed by atoms with Gasteiger partial charge in [-0.15, -0.1) is 0 Å². The lowest BCUT2D eigenvalue weighted by Crippen LogP contribution is -2.50. The van der Waals surface area contributed by atoms with Crippen molar-refractivity contribution >= 4 is 11.5 Å². The van der Waals surface area contributed by atoms with Crippen LogP contribution in [0.1, 0.15) is 111 Å². The molecule has 40 heavy (non-hydrogen) atoms. The number of hydrogen-bond acceptors (Lipinski definition) is 2. The summed E-state index contributed by atoms with van der Waals surface area (Å²) in [6.45, 7) is 13.8. The number of carbonyl (C=O) groups excluding carboxylic acids is 1. The lowest BCUT2D eigenvalue weighted by Gasteiger charge is -2.58. The highest BCUT2D eigenvalue weighted by molar-refractivity contribution is 5.90. The van der Waals surface area contributed by atoms with Gasteiger partial charge in [-0.25, -0.2) is 4.79 Å². The monoisotopic (exact) mass is 536 g/mol. The van der Waals surface area contributed by atoms with E-state index in [1.807, 2.05) is 6.07 Å².